The van der Waals surface area contributed by atoms with Gasteiger partial charge >= 0.3 is 0 Å². The lowest BCUT2D eigenvalue weighted by atomic mass is 9.98. The van der Waals surface area contributed by atoms with E-state index in [4.69, 9.17) is 5.73 Å². The van der Waals surface area contributed by atoms with Gasteiger partial charge in [0.2, 0.25) is 0 Å². The zero-order valence-electron chi connectivity index (χ0n) is 11.3. The molecule has 1 fully saturated rings. The van der Waals surface area contributed by atoms with Crippen molar-refractivity contribution >= 4 is 11.8 Å². The first-order chi connectivity index (χ1) is 8.70. The number of pyridine rings is 1. The van der Waals surface area contributed by atoms with Gasteiger partial charge in [-0.1, -0.05) is 6.07 Å². The van der Waals surface area contributed by atoms with E-state index in [1.807, 2.05) is 13.0 Å². The number of likely N-dealkylation sites (N-methyl/N-ethyl adjacent to an activating group) is 1. The molecule has 1 aromatic rings. The monoisotopic (exact) mass is 265 g/mol. The Labute approximate surface area is 114 Å². The summed E-state index contributed by atoms with van der Waals surface area (Å²) < 4.78 is 0. The van der Waals surface area contributed by atoms with Crippen LogP contribution in [-0.4, -0.2) is 41.0 Å². The first kappa shape index (κ1) is 13.8. The van der Waals surface area contributed by atoms with Crippen molar-refractivity contribution in [2.45, 2.75) is 25.9 Å². The van der Waals surface area contributed by atoms with Crippen LogP contribution < -0.4 is 5.73 Å². The Morgan fingerprint density at radius 2 is 2.39 bits per heavy atom. The number of aryl methyl sites for hydroxylation is 1. The molecule has 0 saturated carbocycles. The van der Waals surface area contributed by atoms with Crippen molar-refractivity contribution < 1.29 is 0 Å². The molecule has 18 heavy (non-hydrogen) atoms. The van der Waals surface area contributed by atoms with Crippen LogP contribution in [0.2, 0.25) is 0 Å². The van der Waals surface area contributed by atoms with E-state index in [-0.39, 0.29) is 0 Å². The van der Waals surface area contributed by atoms with Gasteiger partial charge in [0.1, 0.15) is 0 Å². The third kappa shape index (κ3) is 3.46. The number of nitrogens with two attached hydrogens (primary N) is 1. The topological polar surface area (TPSA) is 42.1 Å². The highest BCUT2D eigenvalue weighted by Crippen LogP contribution is 2.28. The Hall–Kier alpha value is -0.580. The van der Waals surface area contributed by atoms with Gasteiger partial charge in [0, 0.05) is 24.8 Å². The minimum Gasteiger partial charge on any atom is -0.329 e. The summed E-state index contributed by atoms with van der Waals surface area (Å²) in [6.07, 6.45) is 1.30. The Morgan fingerprint density at radius 1 is 1.56 bits per heavy atom. The molecule has 2 heterocycles. The minimum atomic E-state index is 0.488. The van der Waals surface area contributed by atoms with Gasteiger partial charge in [-0.05, 0) is 49.9 Å². The molecule has 1 aromatic heterocycles. The smallest absolute Gasteiger partial charge is 0.0547 e. The van der Waals surface area contributed by atoms with Crippen molar-refractivity contribution in [3.63, 3.8) is 0 Å². The molecule has 0 bridgehead atoms. The fourth-order valence-corrected chi connectivity index (χ4v) is 3.98. The SMILES string of the molecule is Cc1cccc(CN(C)C(CN)C2CCSC2)n1. The molecule has 2 N–H and O–H groups in total. The standard InChI is InChI=1S/C14H23N3S/c1-11-4-3-5-13(16-11)9-17(2)14(8-15)12-6-7-18-10-12/h3-5,12,14H,6-10,15H2,1-2H3. The fraction of sp³-hybridized carbons (Fsp3) is 0.643. The maximum Gasteiger partial charge on any atom is 0.0547 e. The number of nitrogens with zero attached hydrogens (tertiary/aromatic N) is 2. The molecular weight excluding hydrogens is 242 g/mol. The molecule has 2 unspecified atom stereocenters. The first-order valence-electron chi connectivity index (χ1n) is 6.61. The number of rotatable bonds is 5. The van der Waals surface area contributed by atoms with Crippen LogP contribution in [0.4, 0.5) is 0 Å². The van der Waals surface area contributed by atoms with Crippen LogP contribution in [0.25, 0.3) is 0 Å². The van der Waals surface area contributed by atoms with Gasteiger partial charge in [-0.2, -0.15) is 11.8 Å². The van der Waals surface area contributed by atoms with E-state index in [0.29, 0.717) is 6.04 Å². The number of hydrogen-bond donors (Lipinski definition) is 1. The first-order valence-corrected chi connectivity index (χ1v) is 7.76. The number of thioether (sulfide) groups is 1. The zero-order valence-corrected chi connectivity index (χ0v) is 12.1. The summed E-state index contributed by atoms with van der Waals surface area (Å²) in [5.41, 5.74) is 8.19. The molecule has 2 atom stereocenters. The zero-order chi connectivity index (χ0) is 13.0. The molecule has 1 saturated heterocycles. The van der Waals surface area contributed by atoms with Crippen LogP contribution in [0.15, 0.2) is 18.2 Å². The fourth-order valence-electron chi connectivity index (χ4n) is 2.65. The number of aromatic nitrogens is 1. The van der Waals surface area contributed by atoms with E-state index in [1.165, 1.54) is 17.9 Å². The molecule has 0 radical (unpaired) electrons. The maximum absolute atomic E-state index is 5.97. The van der Waals surface area contributed by atoms with E-state index in [1.54, 1.807) is 0 Å². The second-order valence-electron chi connectivity index (χ2n) is 5.11. The lowest BCUT2D eigenvalue weighted by molar-refractivity contribution is 0.182. The highest BCUT2D eigenvalue weighted by atomic mass is 32.2. The van der Waals surface area contributed by atoms with E-state index < -0.39 is 0 Å². The minimum absolute atomic E-state index is 0.488. The van der Waals surface area contributed by atoms with Crippen LogP contribution >= 0.6 is 11.8 Å². The van der Waals surface area contributed by atoms with Crippen LogP contribution in [0.3, 0.4) is 0 Å². The van der Waals surface area contributed by atoms with Gasteiger partial charge in [0.15, 0.2) is 0 Å². The van der Waals surface area contributed by atoms with E-state index in [0.717, 1.165) is 30.4 Å². The van der Waals surface area contributed by atoms with Crippen LogP contribution in [0.1, 0.15) is 17.8 Å². The third-order valence-electron chi connectivity index (χ3n) is 3.67. The Morgan fingerprint density at radius 3 is 3.00 bits per heavy atom. The molecule has 0 aromatic carbocycles. The second-order valence-corrected chi connectivity index (χ2v) is 6.26. The van der Waals surface area contributed by atoms with Gasteiger partial charge in [0.05, 0.1) is 5.69 Å². The summed E-state index contributed by atoms with van der Waals surface area (Å²) in [5, 5.41) is 0. The molecule has 1 aliphatic rings. The summed E-state index contributed by atoms with van der Waals surface area (Å²) in [5.74, 6) is 3.29. The molecule has 2 rings (SSSR count). The van der Waals surface area contributed by atoms with Crippen molar-refractivity contribution in [1.29, 1.82) is 0 Å². The van der Waals surface area contributed by atoms with Crippen LogP contribution in [-0.2, 0) is 6.54 Å². The molecule has 0 amide bonds. The van der Waals surface area contributed by atoms with Gasteiger partial charge in [-0.15, -0.1) is 0 Å². The summed E-state index contributed by atoms with van der Waals surface area (Å²) in [6, 6.07) is 6.70. The Kier molecular flexibility index (Phi) is 5.03. The van der Waals surface area contributed by atoms with Crippen molar-refractivity contribution in [2.75, 3.05) is 25.1 Å². The van der Waals surface area contributed by atoms with Crippen molar-refractivity contribution in [3.05, 3.63) is 29.6 Å². The van der Waals surface area contributed by atoms with Crippen LogP contribution in [0.5, 0.6) is 0 Å². The maximum atomic E-state index is 5.97. The summed E-state index contributed by atoms with van der Waals surface area (Å²) >= 11 is 2.05. The van der Waals surface area contributed by atoms with Gasteiger partial charge < -0.3 is 5.73 Å². The molecule has 4 heteroatoms. The predicted octanol–water partition coefficient (Wildman–Crippen LogP) is 1.90. The molecule has 100 valence electrons. The van der Waals surface area contributed by atoms with Crippen LogP contribution in [0, 0.1) is 12.8 Å². The van der Waals surface area contributed by atoms with Crippen molar-refractivity contribution in [3.8, 4) is 0 Å². The lowest BCUT2D eigenvalue weighted by Crippen LogP contribution is -2.43. The number of hydrogen-bond acceptors (Lipinski definition) is 4. The van der Waals surface area contributed by atoms with E-state index in [9.17, 15) is 0 Å². The van der Waals surface area contributed by atoms with Gasteiger partial charge in [0.25, 0.3) is 0 Å². The Balaban J connectivity index is 1.98. The summed E-state index contributed by atoms with van der Waals surface area (Å²) in [7, 11) is 2.17. The quantitative estimate of drug-likeness (QED) is 0.883. The summed E-state index contributed by atoms with van der Waals surface area (Å²) in [4.78, 5) is 6.94. The molecule has 0 spiro atoms. The average molecular weight is 265 g/mol. The van der Waals surface area contributed by atoms with Crippen molar-refractivity contribution in [1.82, 2.24) is 9.88 Å². The lowest BCUT2D eigenvalue weighted by Gasteiger charge is -2.31. The average Bonchev–Trinajstić information content (AvgIpc) is 2.83. The van der Waals surface area contributed by atoms with Crippen molar-refractivity contribution in [2.24, 2.45) is 11.7 Å². The highest BCUT2D eigenvalue weighted by Gasteiger charge is 2.27. The predicted molar refractivity (Wildman–Crippen MR) is 78.7 cm³/mol. The van der Waals surface area contributed by atoms with E-state index in [2.05, 4.69) is 40.8 Å². The highest BCUT2D eigenvalue weighted by molar-refractivity contribution is 7.99. The molecule has 3 nitrogen and oxygen atoms in total. The molecule has 0 aliphatic carbocycles. The van der Waals surface area contributed by atoms with Gasteiger partial charge in [-0.3, -0.25) is 9.88 Å². The largest absolute Gasteiger partial charge is 0.329 e. The molecule has 1 aliphatic heterocycles. The summed E-state index contributed by atoms with van der Waals surface area (Å²) in [6.45, 7) is 3.68. The van der Waals surface area contributed by atoms with Gasteiger partial charge in [-0.25, -0.2) is 0 Å². The normalized spacial score (nSPS) is 21.4. The van der Waals surface area contributed by atoms with E-state index >= 15 is 0 Å². The third-order valence-corrected chi connectivity index (χ3v) is 4.86. The Bertz CT molecular complexity index is 377. The second kappa shape index (κ2) is 6.55. The molecular formula is C14H23N3S.